The number of carbonyl (C=O) groups is 2. The molecule has 4 nitrogen and oxygen atoms in total. The lowest BCUT2D eigenvalue weighted by Crippen LogP contribution is -2.33. The first kappa shape index (κ1) is 15.7. The third kappa shape index (κ3) is 3.33. The van der Waals surface area contributed by atoms with Crippen LogP contribution in [0.15, 0.2) is 17.0 Å². The van der Waals surface area contributed by atoms with Crippen LogP contribution in [-0.2, 0) is 9.59 Å². The topological polar surface area (TPSA) is 57.6 Å². The zero-order chi connectivity index (χ0) is 15.7. The lowest BCUT2D eigenvalue weighted by atomic mass is 10.0. The molecule has 1 N–H and O–H groups in total. The van der Waals surface area contributed by atoms with Crippen LogP contribution in [0.4, 0.5) is 0 Å². The Labute approximate surface area is 132 Å². The second-order valence-corrected chi connectivity index (χ2v) is 6.62. The number of benzene rings is 1. The van der Waals surface area contributed by atoms with Crippen molar-refractivity contribution in [3.63, 3.8) is 0 Å². The van der Waals surface area contributed by atoms with Crippen molar-refractivity contribution in [2.75, 3.05) is 6.54 Å². The standard InChI is InChI=1S/C15H15NO3S2/c1-8-4-11(5-9(2)10(8)3)6-12-14(19)16(7-13(17)18)15(20)21-12/h4-6H,7H2,1-3H3,(H,17,18)/b12-6-. The van der Waals surface area contributed by atoms with Gasteiger partial charge in [0.1, 0.15) is 10.9 Å². The third-order valence-electron chi connectivity index (χ3n) is 3.41. The van der Waals surface area contributed by atoms with Gasteiger partial charge in [0.25, 0.3) is 5.91 Å². The number of amides is 1. The summed E-state index contributed by atoms with van der Waals surface area (Å²) in [5.74, 6) is -1.42. The molecule has 0 radical (unpaired) electrons. The number of aliphatic carboxylic acids is 1. The normalized spacial score (nSPS) is 16.9. The van der Waals surface area contributed by atoms with Crippen molar-refractivity contribution >= 4 is 46.3 Å². The number of carbonyl (C=O) groups excluding carboxylic acids is 1. The molecule has 0 atom stereocenters. The maximum absolute atomic E-state index is 12.2. The second kappa shape index (κ2) is 5.99. The van der Waals surface area contributed by atoms with E-state index in [0.717, 1.165) is 33.4 Å². The minimum Gasteiger partial charge on any atom is -0.480 e. The van der Waals surface area contributed by atoms with E-state index < -0.39 is 12.5 Å². The Kier molecular flexibility index (Phi) is 4.49. The maximum Gasteiger partial charge on any atom is 0.323 e. The van der Waals surface area contributed by atoms with Crippen LogP contribution in [-0.4, -0.2) is 32.7 Å². The number of nitrogens with zero attached hydrogens (tertiary/aromatic N) is 1. The summed E-state index contributed by atoms with van der Waals surface area (Å²) in [4.78, 5) is 24.5. The Balaban J connectivity index is 2.33. The fourth-order valence-corrected chi connectivity index (χ4v) is 3.33. The average Bonchev–Trinajstić information content (AvgIpc) is 2.63. The number of hydrogen-bond acceptors (Lipinski definition) is 4. The molecule has 1 aliphatic rings. The molecule has 1 saturated heterocycles. The predicted octanol–water partition coefficient (Wildman–Crippen LogP) is 2.90. The van der Waals surface area contributed by atoms with Gasteiger partial charge in [-0.3, -0.25) is 14.5 Å². The molecule has 1 amide bonds. The summed E-state index contributed by atoms with van der Waals surface area (Å²) in [6.07, 6.45) is 1.76. The van der Waals surface area contributed by atoms with Crippen molar-refractivity contribution in [3.05, 3.63) is 39.3 Å². The highest BCUT2D eigenvalue weighted by Crippen LogP contribution is 2.32. The first-order valence-electron chi connectivity index (χ1n) is 6.34. The van der Waals surface area contributed by atoms with Crippen molar-refractivity contribution in [2.24, 2.45) is 0 Å². The van der Waals surface area contributed by atoms with Crippen LogP contribution >= 0.6 is 24.0 Å². The van der Waals surface area contributed by atoms with E-state index in [0.29, 0.717) is 4.91 Å². The van der Waals surface area contributed by atoms with E-state index in [1.54, 1.807) is 6.08 Å². The lowest BCUT2D eigenvalue weighted by Gasteiger charge is -2.10. The van der Waals surface area contributed by atoms with Gasteiger partial charge in [-0.1, -0.05) is 36.1 Å². The highest BCUT2D eigenvalue weighted by Gasteiger charge is 2.33. The minimum atomic E-state index is -1.07. The molecule has 1 aromatic carbocycles. The van der Waals surface area contributed by atoms with E-state index in [-0.39, 0.29) is 10.2 Å². The molecule has 1 fully saturated rings. The molecule has 1 aromatic rings. The lowest BCUT2D eigenvalue weighted by molar-refractivity contribution is -0.140. The molecule has 1 heterocycles. The van der Waals surface area contributed by atoms with E-state index in [1.807, 2.05) is 26.0 Å². The molecule has 0 bridgehead atoms. The van der Waals surface area contributed by atoms with Gasteiger partial charge in [-0.2, -0.15) is 0 Å². The number of thiocarbonyl (C=S) groups is 1. The highest BCUT2D eigenvalue weighted by molar-refractivity contribution is 8.26. The average molecular weight is 321 g/mol. The second-order valence-electron chi connectivity index (χ2n) is 4.94. The minimum absolute atomic E-state index is 0.286. The summed E-state index contributed by atoms with van der Waals surface area (Å²) in [7, 11) is 0. The van der Waals surface area contributed by atoms with Gasteiger partial charge in [0, 0.05) is 0 Å². The Morgan fingerprint density at radius 1 is 1.33 bits per heavy atom. The molecular formula is C15H15NO3S2. The van der Waals surface area contributed by atoms with Crippen LogP contribution in [0.1, 0.15) is 22.3 Å². The number of thioether (sulfide) groups is 1. The van der Waals surface area contributed by atoms with Crippen LogP contribution < -0.4 is 0 Å². The highest BCUT2D eigenvalue weighted by atomic mass is 32.2. The summed E-state index contributed by atoms with van der Waals surface area (Å²) < 4.78 is 0.286. The number of carboxylic acid groups (broad SMARTS) is 1. The summed E-state index contributed by atoms with van der Waals surface area (Å²) in [6.45, 7) is 5.71. The molecule has 0 spiro atoms. The van der Waals surface area contributed by atoms with E-state index in [1.165, 1.54) is 5.56 Å². The fraction of sp³-hybridized carbons (Fsp3) is 0.267. The Morgan fingerprint density at radius 3 is 2.43 bits per heavy atom. The van der Waals surface area contributed by atoms with Gasteiger partial charge in [-0.05, 0) is 49.1 Å². The van der Waals surface area contributed by atoms with Crippen molar-refractivity contribution in [1.82, 2.24) is 4.90 Å². The molecule has 0 aromatic heterocycles. The van der Waals surface area contributed by atoms with Crippen LogP contribution in [0, 0.1) is 20.8 Å². The first-order chi connectivity index (χ1) is 9.79. The van der Waals surface area contributed by atoms with Crippen LogP contribution in [0.3, 0.4) is 0 Å². The zero-order valence-corrected chi connectivity index (χ0v) is 13.6. The molecule has 0 saturated carbocycles. The molecule has 110 valence electrons. The zero-order valence-electron chi connectivity index (χ0n) is 12.0. The van der Waals surface area contributed by atoms with Crippen molar-refractivity contribution in [2.45, 2.75) is 20.8 Å². The molecule has 0 unspecified atom stereocenters. The molecule has 1 aliphatic heterocycles. The van der Waals surface area contributed by atoms with Gasteiger partial charge in [0.05, 0.1) is 4.91 Å². The summed E-state index contributed by atoms with van der Waals surface area (Å²) in [5.41, 5.74) is 4.46. The van der Waals surface area contributed by atoms with Crippen molar-refractivity contribution in [3.8, 4) is 0 Å². The van der Waals surface area contributed by atoms with Crippen LogP contribution in [0.25, 0.3) is 6.08 Å². The number of aryl methyl sites for hydroxylation is 2. The quantitative estimate of drug-likeness (QED) is 0.685. The Hall–Kier alpha value is -1.66. The van der Waals surface area contributed by atoms with Gasteiger partial charge in [-0.25, -0.2) is 0 Å². The summed E-state index contributed by atoms with van der Waals surface area (Å²) in [6, 6.07) is 4.01. The van der Waals surface area contributed by atoms with E-state index in [9.17, 15) is 9.59 Å². The maximum atomic E-state index is 12.2. The largest absolute Gasteiger partial charge is 0.480 e. The van der Waals surface area contributed by atoms with Crippen LogP contribution in [0.2, 0.25) is 0 Å². The first-order valence-corrected chi connectivity index (χ1v) is 7.57. The predicted molar refractivity (Wildman–Crippen MR) is 88.2 cm³/mol. The SMILES string of the molecule is Cc1cc(/C=C2\SC(=S)N(CC(=O)O)C2=O)cc(C)c1C. The van der Waals surface area contributed by atoms with Crippen molar-refractivity contribution in [1.29, 1.82) is 0 Å². The Bertz CT molecular complexity index is 656. The summed E-state index contributed by atoms with van der Waals surface area (Å²) >= 11 is 6.21. The number of rotatable bonds is 3. The van der Waals surface area contributed by atoms with E-state index in [2.05, 4.69) is 6.92 Å². The van der Waals surface area contributed by atoms with Gasteiger partial charge in [0.15, 0.2) is 0 Å². The fourth-order valence-electron chi connectivity index (χ4n) is 2.08. The smallest absolute Gasteiger partial charge is 0.323 e. The van der Waals surface area contributed by atoms with E-state index >= 15 is 0 Å². The van der Waals surface area contributed by atoms with Gasteiger partial charge in [-0.15, -0.1) is 0 Å². The van der Waals surface area contributed by atoms with Crippen LogP contribution in [0.5, 0.6) is 0 Å². The van der Waals surface area contributed by atoms with Gasteiger partial charge < -0.3 is 5.11 Å². The molecule has 21 heavy (non-hydrogen) atoms. The Morgan fingerprint density at radius 2 is 1.90 bits per heavy atom. The molecular weight excluding hydrogens is 306 g/mol. The van der Waals surface area contributed by atoms with Gasteiger partial charge in [0.2, 0.25) is 0 Å². The number of hydrogen-bond donors (Lipinski definition) is 1. The number of carboxylic acids is 1. The molecule has 6 heteroatoms. The molecule has 0 aliphatic carbocycles. The third-order valence-corrected chi connectivity index (χ3v) is 4.79. The molecule has 2 rings (SSSR count). The summed E-state index contributed by atoms with van der Waals surface area (Å²) in [5, 5.41) is 8.81. The van der Waals surface area contributed by atoms with Gasteiger partial charge >= 0.3 is 5.97 Å². The van der Waals surface area contributed by atoms with Crippen molar-refractivity contribution < 1.29 is 14.7 Å². The van der Waals surface area contributed by atoms with E-state index in [4.69, 9.17) is 17.3 Å². The monoisotopic (exact) mass is 321 g/mol.